The van der Waals surface area contributed by atoms with E-state index in [9.17, 15) is 9.59 Å². The Morgan fingerprint density at radius 3 is 2.12 bits per heavy atom. The third-order valence-corrected chi connectivity index (χ3v) is 5.05. The summed E-state index contributed by atoms with van der Waals surface area (Å²) >= 11 is 0. The average molecular weight is 354 g/mol. The second kappa shape index (κ2) is 8.77. The van der Waals surface area contributed by atoms with Gasteiger partial charge in [0, 0.05) is 0 Å². The van der Waals surface area contributed by atoms with Crippen LogP contribution in [-0.4, -0.2) is 36.0 Å². The maximum Gasteiger partial charge on any atom is 0.505 e. The van der Waals surface area contributed by atoms with E-state index in [1.807, 2.05) is 58.0 Å². The fourth-order valence-electron chi connectivity index (χ4n) is 2.98. The summed E-state index contributed by atoms with van der Waals surface area (Å²) in [6.45, 7) is 10.1. The molecule has 0 spiro atoms. The van der Waals surface area contributed by atoms with E-state index in [0.717, 1.165) is 25.2 Å². The minimum Gasteiger partial charge on any atom is -0.276 e. The molecule has 2 aromatic rings. The Bertz CT molecular complexity index is 743. The van der Waals surface area contributed by atoms with Crippen LogP contribution in [0.25, 0.3) is 0 Å². The molecule has 1 atom stereocenters. The fourth-order valence-corrected chi connectivity index (χ4v) is 2.98. The van der Waals surface area contributed by atoms with E-state index in [4.69, 9.17) is 4.84 Å². The quantitative estimate of drug-likeness (QED) is 0.306. The minimum atomic E-state index is -0.430. The van der Waals surface area contributed by atoms with Crippen molar-refractivity contribution in [1.29, 1.82) is 0 Å². The molecule has 0 amide bonds. The van der Waals surface area contributed by atoms with Crippen LogP contribution in [0.5, 0.6) is 0 Å². The van der Waals surface area contributed by atoms with Crippen molar-refractivity contribution in [3.8, 4) is 0 Å². The largest absolute Gasteiger partial charge is 0.505 e. The molecule has 0 saturated carbocycles. The van der Waals surface area contributed by atoms with E-state index < -0.39 is 5.92 Å². The number of quaternary nitrogens is 1. The topological polar surface area (TPSA) is 46.2 Å². The van der Waals surface area contributed by atoms with E-state index in [1.165, 1.54) is 0 Å². The highest BCUT2D eigenvalue weighted by Gasteiger charge is 2.31. The Hall–Kier alpha value is -2.46. The Morgan fingerprint density at radius 2 is 1.54 bits per heavy atom. The molecule has 2 aromatic carbocycles. The molecule has 0 fully saturated rings. The number of carbonyl (C=O) groups is 2. The lowest BCUT2D eigenvalue weighted by Gasteiger charge is -2.32. The molecule has 1 unspecified atom stereocenters. The van der Waals surface area contributed by atoms with E-state index in [-0.39, 0.29) is 11.8 Å². The van der Waals surface area contributed by atoms with Crippen molar-refractivity contribution >= 4 is 11.8 Å². The minimum absolute atomic E-state index is 0.0474. The van der Waals surface area contributed by atoms with Gasteiger partial charge in [-0.2, -0.15) is 0 Å². The molecular weight excluding hydrogens is 326 g/mol. The molecule has 4 nitrogen and oxygen atoms in total. The molecule has 0 N–H and O–H groups in total. The van der Waals surface area contributed by atoms with Crippen LogP contribution >= 0.6 is 0 Å². The van der Waals surface area contributed by atoms with Crippen molar-refractivity contribution in [1.82, 2.24) is 0 Å². The summed E-state index contributed by atoms with van der Waals surface area (Å²) in [6.07, 6.45) is 0. The van der Waals surface area contributed by atoms with Crippen molar-refractivity contribution in [2.45, 2.75) is 33.6 Å². The lowest BCUT2D eigenvalue weighted by Crippen LogP contribution is -2.49. The molecule has 0 heterocycles. The summed E-state index contributed by atoms with van der Waals surface area (Å²) < 4.78 is 0.311. The van der Waals surface area contributed by atoms with Gasteiger partial charge in [-0.25, -0.2) is 4.79 Å². The summed E-state index contributed by atoms with van der Waals surface area (Å²) in [5.41, 5.74) is 2.01. The Labute approximate surface area is 155 Å². The van der Waals surface area contributed by atoms with Crippen LogP contribution in [0.2, 0.25) is 0 Å². The van der Waals surface area contributed by atoms with Gasteiger partial charge < -0.3 is 0 Å². The SMILES string of the molecule is CC[N+](CC)(CC)OC(=O)C(C)c1cccc(C(=[O+])c2ccccc2)c1. The van der Waals surface area contributed by atoms with Gasteiger partial charge in [0.2, 0.25) is 4.79 Å². The smallest absolute Gasteiger partial charge is 0.276 e. The van der Waals surface area contributed by atoms with Gasteiger partial charge in [0.05, 0.1) is 17.0 Å². The number of nitrogens with zero attached hydrogens (tertiary/aromatic N) is 1. The lowest BCUT2D eigenvalue weighted by molar-refractivity contribution is -1.09. The van der Waals surface area contributed by atoms with E-state index in [0.29, 0.717) is 15.8 Å². The summed E-state index contributed by atoms with van der Waals surface area (Å²) in [5.74, 6) is -0.741. The van der Waals surface area contributed by atoms with Gasteiger partial charge in [-0.15, -0.1) is 4.65 Å². The summed E-state index contributed by atoms with van der Waals surface area (Å²) in [5, 5.41) is 0. The predicted octanol–water partition coefficient (Wildman–Crippen LogP) is 4.36. The number of hydrogen-bond donors (Lipinski definition) is 0. The predicted molar refractivity (Wildman–Crippen MR) is 103 cm³/mol. The first-order chi connectivity index (χ1) is 12.5. The maximum absolute atomic E-state index is 12.7. The monoisotopic (exact) mass is 354 g/mol. The van der Waals surface area contributed by atoms with Crippen molar-refractivity contribution < 1.29 is 19.1 Å². The van der Waals surface area contributed by atoms with Crippen LogP contribution in [0, 0.1) is 0 Å². The van der Waals surface area contributed by atoms with E-state index in [2.05, 4.69) is 0 Å². The molecule has 1 radical (unpaired) electrons. The Morgan fingerprint density at radius 1 is 0.962 bits per heavy atom. The third-order valence-electron chi connectivity index (χ3n) is 5.05. The standard InChI is InChI=1S/C22H28NO3/c1-5-23(6-2,7-3)26-22(25)17(4)19-14-11-15-20(16-19)21(24)18-12-9-8-10-13-18/h8-17H,5-7H2,1-4H3/q+2. The molecule has 2 rings (SSSR count). The number of carbonyl (C=O) groups excluding carboxylic acids is 2. The highest BCUT2D eigenvalue weighted by molar-refractivity contribution is 6.09. The molecule has 0 aliphatic rings. The summed E-state index contributed by atoms with van der Waals surface area (Å²) in [6, 6.07) is 16.4. The van der Waals surface area contributed by atoms with Crippen LogP contribution in [0.3, 0.4) is 0 Å². The van der Waals surface area contributed by atoms with Gasteiger partial charge in [0.25, 0.3) is 0 Å². The molecule has 0 saturated heterocycles. The van der Waals surface area contributed by atoms with Crippen LogP contribution in [0.15, 0.2) is 54.6 Å². The first-order valence-corrected chi connectivity index (χ1v) is 9.25. The van der Waals surface area contributed by atoms with Gasteiger partial charge in [0.15, 0.2) is 0 Å². The highest BCUT2D eigenvalue weighted by Crippen LogP contribution is 2.22. The first-order valence-electron chi connectivity index (χ1n) is 9.25. The number of hydroxylamine groups is 3. The highest BCUT2D eigenvalue weighted by atomic mass is 16.7. The molecule has 0 aliphatic heterocycles. The lowest BCUT2D eigenvalue weighted by atomic mass is 9.96. The van der Waals surface area contributed by atoms with Crippen LogP contribution in [-0.2, 0) is 9.63 Å². The number of benzene rings is 2. The van der Waals surface area contributed by atoms with Gasteiger partial charge in [0.1, 0.15) is 19.6 Å². The third kappa shape index (κ3) is 4.38. The number of hydrogen-bond acceptors (Lipinski definition) is 3. The normalized spacial score (nSPS) is 12.5. The zero-order valence-electron chi connectivity index (χ0n) is 16.1. The second-order valence-corrected chi connectivity index (χ2v) is 6.46. The Balaban J connectivity index is 2.21. The summed E-state index contributed by atoms with van der Waals surface area (Å²) in [4.78, 5) is 31.1. The van der Waals surface area contributed by atoms with Gasteiger partial charge in [-0.1, -0.05) is 30.3 Å². The van der Waals surface area contributed by atoms with Gasteiger partial charge in [-0.05, 0) is 57.5 Å². The molecule has 0 aliphatic carbocycles. The molecular formula is C22H28NO3+2. The molecule has 137 valence electrons. The first kappa shape index (κ1) is 19.9. The molecule has 26 heavy (non-hydrogen) atoms. The van der Waals surface area contributed by atoms with Gasteiger partial charge >= 0.3 is 11.8 Å². The van der Waals surface area contributed by atoms with Crippen molar-refractivity contribution in [2.75, 3.05) is 19.6 Å². The van der Waals surface area contributed by atoms with Crippen molar-refractivity contribution in [3.05, 3.63) is 71.3 Å². The van der Waals surface area contributed by atoms with Gasteiger partial charge in [-0.3, -0.25) is 4.84 Å². The zero-order chi connectivity index (χ0) is 19.2. The Kier molecular flexibility index (Phi) is 6.70. The number of ketones is 1. The van der Waals surface area contributed by atoms with Crippen LogP contribution < -0.4 is 0 Å². The maximum atomic E-state index is 12.7. The average Bonchev–Trinajstić information content (AvgIpc) is 2.71. The van der Waals surface area contributed by atoms with Crippen molar-refractivity contribution in [2.24, 2.45) is 0 Å². The summed E-state index contributed by atoms with van der Waals surface area (Å²) in [7, 11) is 0. The van der Waals surface area contributed by atoms with Crippen LogP contribution in [0.1, 0.15) is 55.1 Å². The zero-order valence-corrected chi connectivity index (χ0v) is 16.1. The van der Waals surface area contributed by atoms with Crippen LogP contribution in [0.4, 0.5) is 0 Å². The fraction of sp³-hybridized carbons (Fsp3) is 0.364. The van der Waals surface area contributed by atoms with E-state index in [1.54, 1.807) is 24.3 Å². The second-order valence-electron chi connectivity index (χ2n) is 6.46. The van der Waals surface area contributed by atoms with E-state index >= 15 is 0 Å². The number of rotatable bonds is 8. The molecule has 4 heteroatoms. The molecule has 0 bridgehead atoms. The molecule has 0 aromatic heterocycles. The van der Waals surface area contributed by atoms with Crippen molar-refractivity contribution in [3.63, 3.8) is 0 Å².